The minimum Gasteiger partial charge on any atom is -0.309 e. The Balaban J connectivity index is 1.55. The summed E-state index contributed by atoms with van der Waals surface area (Å²) in [5.41, 5.74) is 1.77. The molecule has 0 bridgehead atoms. The molecule has 1 aliphatic rings. The minimum atomic E-state index is -0.127. The fourth-order valence-electron chi connectivity index (χ4n) is 3.93. The highest BCUT2D eigenvalue weighted by molar-refractivity contribution is 7.98. The maximum Gasteiger partial charge on any atom is 0.268 e. The Hall–Kier alpha value is -2.23. The Morgan fingerprint density at radius 3 is 3.10 bits per heavy atom. The van der Waals surface area contributed by atoms with Crippen LogP contribution in [0.1, 0.15) is 29.6 Å². The van der Waals surface area contributed by atoms with Gasteiger partial charge in [-0.2, -0.15) is 0 Å². The van der Waals surface area contributed by atoms with Gasteiger partial charge in [0.2, 0.25) is 0 Å². The molecule has 1 N–H and O–H groups in total. The number of nitrogens with zero attached hydrogens (tertiary/aromatic N) is 3. The van der Waals surface area contributed by atoms with E-state index in [2.05, 4.69) is 23.5 Å². The van der Waals surface area contributed by atoms with Crippen molar-refractivity contribution >= 4 is 54.9 Å². The Morgan fingerprint density at radius 1 is 1.40 bits per heavy atom. The van der Waals surface area contributed by atoms with Crippen molar-refractivity contribution in [1.29, 1.82) is 0 Å². The number of hydrogen-bond donors (Lipinski definition) is 1. The smallest absolute Gasteiger partial charge is 0.268 e. The fourth-order valence-corrected chi connectivity index (χ4v) is 6.96. The molecule has 0 aliphatic heterocycles. The number of allylic oxidation sites excluding steroid dienone is 1. The number of H-pyrrole nitrogens is 1. The van der Waals surface area contributed by atoms with E-state index in [4.69, 9.17) is 4.98 Å². The molecule has 1 aliphatic carbocycles. The standard InChI is InChI=1S/C21H20N4O2S3/c1-3-7-25-20(27)16-12-5-4-11(2)9-14(12)30-19(16)24-21(25)29-10-15-22-13-6-8-28-17(13)18(26)23-15/h3,6,8,11H,1,4-5,7,9-10H2,2H3,(H,22,23,26). The zero-order valence-corrected chi connectivity index (χ0v) is 18.9. The van der Waals surface area contributed by atoms with Gasteiger partial charge in [0.1, 0.15) is 15.4 Å². The van der Waals surface area contributed by atoms with Crippen molar-refractivity contribution in [3.63, 3.8) is 0 Å². The van der Waals surface area contributed by atoms with Crippen LogP contribution >= 0.6 is 34.4 Å². The van der Waals surface area contributed by atoms with Crippen LogP contribution in [0.15, 0.2) is 38.8 Å². The first-order chi connectivity index (χ1) is 14.5. The van der Waals surface area contributed by atoms with E-state index in [-0.39, 0.29) is 11.1 Å². The molecule has 154 valence electrons. The van der Waals surface area contributed by atoms with Gasteiger partial charge in [0.05, 0.1) is 16.7 Å². The molecule has 0 spiro atoms. The van der Waals surface area contributed by atoms with Gasteiger partial charge in [0.25, 0.3) is 11.1 Å². The SMILES string of the molecule is C=CCn1c(SCc2nc3ccsc3c(=O)[nH]2)nc2sc3c(c2c1=O)CCC(C)C3. The summed E-state index contributed by atoms with van der Waals surface area (Å²) in [7, 11) is 0. The van der Waals surface area contributed by atoms with Gasteiger partial charge in [0, 0.05) is 11.4 Å². The lowest BCUT2D eigenvalue weighted by Gasteiger charge is -2.17. The van der Waals surface area contributed by atoms with E-state index in [0.717, 1.165) is 29.5 Å². The molecule has 0 saturated carbocycles. The number of rotatable bonds is 5. The van der Waals surface area contributed by atoms with E-state index >= 15 is 0 Å². The summed E-state index contributed by atoms with van der Waals surface area (Å²) in [6.45, 7) is 6.47. The molecule has 4 aromatic heterocycles. The van der Waals surface area contributed by atoms with Gasteiger partial charge in [-0.3, -0.25) is 14.2 Å². The molecule has 1 unspecified atom stereocenters. The van der Waals surface area contributed by atoms with Crippen LogP contribution < -0.4 is 11.1 Å². The number of aryl methyl sites for hydroxylation is 1. The van der Waals surface area contributed by atoms with Gasteiger partial charge in [0.15, 0.2) is 5.16 Å². The van der Waals surface area contributed by atoms with Crippen molar-refractivity contribution in [2.24, 2.45) is 5.92 Å². The molecule has 9 heteroatoms. The van der Waals surface area contributed by atoms with Crippen LogP contribution in [-0.4, -0.2) is 19.5 Å². The maximum absolute atomic E-state index is 13.4. The number of nitrogens with one attached hydrogen (secondary N) is 1. The Labute approximate surface area is 184 Å². The first-order valence-electron chi connectivity index (χ1n) is 9.80. The van der Waals surface area contributed by atoms with Crippen LogP contribution in [-0.2, 0) is 25.1 Å². The molecule has 0 fully saturated rings. The van der Waals surface area contributed by atoms with Crippen LogP contribution in [0, 0.1) is 5.92 Å². The van der Waals surface area contributed by atoms with Crippen LogP contribution in [0.2, 0.25) is 0 Å². The molecule has 5 rings (SSSR count). The van der Waals surface area contributed by atoms with Crippen molar-refractivity contribution < 1.29 is 0 Å². The molecular weight excluding hydrogens is 436 g/mol. The first kappa shape index (κ1) is 19.7. The van der Waals surface area contributed by atoms with E-state index in [1.54, 1.807) is 22.0 Å². The van der Waals surface area contributed by atoms with E-state index in [1.165, 1.54) is 33.5 Å². The fraction of sp³-hybridized carbons (Fsp3) is 0.333. The van der Waals surface area contributed by atoms with E-state index in [0.29, 0.717) is 39.4 Å². The molecular formula is C21H20N4O2S3. The van der Waals surface area contributed by atoms with Gasteiger partial charge in [-0.1, -0.05) is 24.8 Å². The highest BCUT2D eigenvalue weighted by Gasteiger charge is 2.24. The minimum absolute atomic E-state index is 0.00388. The Kier molecular flexibility index (Phi) is 5.12. The average Bonchev–Trinajstić information content (AvgIpc) is 3.33. The molecule has 30 heavy (non-hydrogen) atoms. The zero-order chi connectivity index (χ0) is 20.8. The second kappa shape index (κ2) is 7.79. The van der Waals surface area contributed by atoms with Crippen LogP contribution in [0.25, 0.3) is 20.4 Å². The lowest BCUT2D eigenvalue weighted by atomic mass is 9.89. The second-order valence-corrected chi connectivity index (χ2v) is 10.5. The third-order valence-electron chi connectivity index (χ3n) is 5.39. The molecule has 4 heterocycles. The topological polar surface area (TPSA) is 80.6 Å². The third kappa shape index (κ3) is 3.34. The predicted octanol–water partition coefficient (Wildman–Crippen LogP) is 4.36. The van der Waals surface area contributed by atoms with Crippen molar-refractivity contribution in [1.82, 2.24) is 19.5 Å². The maximum atomic E-state index is 13.4. The van der Waals surface area contributed by atoms with Crippen molar-refractivity contribution in [3.05, 3.63) is 61.1 Å². The number of aromatic amines is 1. The van der Waals surface area contributed by atoms with Crippen molar-refractivity contribution in [2.45, 2.75) is 43.6 Å². The normalized spacial score (nSPS) is 16.2. The van der Waals surface area contributed by atoms with Gasteiger partial charge < -0.3 is 4.98 Å². The number of aromatic nitrogens is 4. The number of thioether (sulfide) groups is 1. The lowest BCUT2D eigenvalue weighted by Crippen LogP contribution is -2.23. The average molecular weight is 457 g/mol. The molecule has 6 nitrogen and oxygen atoms in total. The number of fused-ring (bicyclic) bond motifs is 4. The van der Waals surface area contributed by atoms with Gasteiger partial charge >= 0.3 is 0 Å². The van der Waals surface area contributed by atoms with Crippen molar-refractivity contribution in [3.8, 4) is 0 Å². The third-order valence-corrected chi connectivity index (χ3v) is 8.43. The predicted molar refractivity (Wildman–Crippen MR) is 125 cm³/mol. The van der Waals surface area contributed by atoms with Crippen LogP contribution in [0.4, 0.5) is 0 Å². The first-order valence-corrected chi connectivity index (χ1v) is 12.5. The van der Waals surface area contributed by atoms with E-state index < -0.39 is 0 Å². The molecule has 0 saturated heterocycles. The molecule has 0 amide bonds. The number of thiophene rings is 2. The molecule has 0 radical (unpaired) electrons. The summed E-state index contributed by atoms with van der Waals surface area (Å²) >= 11 is 4.45. The monoisotopic (exact) mass is 456 g/mol. The molecule has 4 aromatic rings. The van der Waals surface area contributed by atoms with Gasteiger partial charge in [-0.25, -0.2) is 9.97 Å². The Morgan fingerprint density at radius 2 is 2.27 bits per heavy atom. The molecule has 0 aromatic carbocycles. The summed E-state index contributed by atoms with van der Waals surface area (Å²) in [5, 5.41) is 3.27. The largest absolute Gasteiger partial charge is 0.309 e. The molecule has 1 atom stereocenters. The zero-order valence-electron chi connectivity index (χ0n) is 16.4. The highest BCUT2D eigenvalue weighted by Crippen LogP contribution is 2.36. The van der Waals surface area contributed by atoms with Gasteiger partial charge in [-0.15, -0.1) is 29.3 Å². The summed E-state index contributed by atoms with van der Waals surface area (Å²) in [6, 6.07) is 1.85. The summed E-state index contributed by atoms with van der Waals surface area (Å²) in [4.78, 5) is 39.9. The highest BCUT2D eigenvalue weighted by atomic mass is 32.2. The van der Waals surface area contributed by atoms with Crippen molar-refractivity contribution in [2.75, 3.05) is 0 Å². The summed E-state index contributed by atoms with van der Waals surface area (Å²) < 4.78 is 2.32. The quantitative estimate of drug-likeness (QED) is 0.274. The number of hydrogen-bond acceptors (Lipinski definition) is 7. The van der Waals surface area contributed by atoms with Gasteiger partial charge in [-0.05, 0) is 42.2 Å². The lowest BCUT2D eigenvalue weighted by molar-refractivity contribution is 0.509. The second-order valence-electron chi connectivity index (χ2n) is 7.57. The van der Waals surface area contributed by atoms with Crippen LogP contribution in [0.5, 0.6) is 0 Å². The summed E-state index contributed by atoms with van der Waals surface area (Å²) in [5.74, 6) is 1.65. The van der Waals surface area contributed by atoms with E-state index in [9.17, 15) is 9.59 Å². The summed E-state index contributed by atoms with van der Waals surface area (Å²) in [6.07, 6.45) is 4.79. The van der Waals surface area contributed by atoms with E-state index in [1.807, 2.05) is 11.4 Å². The Bertz CT molecular complexity index is 1400. The van der Waals surface area contributed by atoms with Crippen LogP contribution in [0.3, 0.4) is 0 Å².